The van der Waals surface area contributed by atoms with Crippen LogP contribution in [0.5, 0.6) is 11.5 Å². The van der Waals surface area contributed by atoms with Gasteiger partial charge in [-0.3, -0.25) is 4.79 Å². The Morgan fingerprint density at radius 2 is 1.91 bits per heavy atom. The third-order valence-corrected chi connectivity index (χ3v) is 4.74. The molecule has 0 radical (unpaired) electrons. The number of rotatable bonds is 4. The molecule has 118 valence electrons. The van der Waals surface area contributed by atoms with Crippen LogP contribution in [0, 0.1) is 0 Å². The molecular formula is C16H13BrN2O3S. The molecule has 0 aliphatic heterocycles. The molecule has 7 heteroatoms. The summed E-state index contributed by atoms with van der Waals surface area (Å²) in [5.41, 5.74) is 2.08. The lowest BCUT2D eigenvalue weighted by atomic mass is 10.2. The molecule has 3 rings (SSSR count). The molecule has 0 aliphatic rings. The summed E-state index contributed by atoms with van der Waals surface area (Å²) in [5.74, 6) is 0.984. The zero-order valence-electron chi connectivity index (χ0n) is 12.4. The van der Waals surface area contributed by atoms with Crippen LogP contribution in [-0.2, 0) is 0 Å². The van der Waals surface area contributed by atoms with E-state index in [1.165, 1.54) is 11.3 Å². The van der Waals surface area contributed by atoms with Crippen LogP contribution in [-0.4, -0.2) is 25.1 Å². The summed E-state index contributed by atoms with van der Waals surface area (Å²) in [4.78, 5) is 16.7. The lowest BCUT2D eigenvalue weighted by Gasteiger charge is -2.10. The van der Waals surface area contributed by atoms with E-state index in [2.05, 4.69) is 26.2 Å². The number of thiazole rings is 1. The highest BCUT2D eigenvalue weighted by molar-refractivity contribution is 9.11. The summed E-state index contributed by atoms with van der Waals surface area (Å²) in [6, 6.07) is 10.6. The smallest absolute Gasteiger partial charge is 0.255 e. The lowest BCUT2D eigenvalue weighted by Crippen LogP contribution is -2.11. The van der Waals surface area contributed by atoms with E-state index in [9.17, 15) is 4.79 Å². The van der Waals surface area contributed by atoms with Gasteiger partial charge in [-0.25, -0.2) is 4.98 Å². The molecule has 2 aromatic carbocycles. The molecule has 1 N–H and O–H groups in total. The first-order valence-corrected chi connectivity index (χ1v) is 8.31. The van der Waals surface area contributed by atoms with Crippen molar-refractivity contribution in [3.05, 3.63) is 45.9 Å². The highest BCUT2D eigenvalue weighted by atomic mass is 79.9. The summed E-state index contributed by atoms with van der Waals surface area (Å²) in [7, 11) is 3.12. The van der Waals surface area contributed by atoms with Crippen LogP contribution < -0.4 is 14.8 Å². The normalized spacial score (nSPS) is 10.6. The number of amides is 1. The van der Waals surface area contributed by atoms with Crippen molar-refractivity contribution in [1.82, 2.24) is 4.98 Å². The first kappa shape index (κ1) is 15.8. The standard InChI is InChI=1S/C16H13BrN2O3S/c1-21-12-6-4-10(8-13(12)22-2)18-15(20)9-3-5-11-14(7-9)23-16(17)19-11/h3-8H,1-2H3,(H,18,20). The Hall–Kier alpha value is -2.12. The Kier molecular flexibility index (Phi) is 4.49. The number of ether oxygens (including phenoxy) is 2. The third kappa shape index (κ3) is 3.30. The maximum atomic E-state index is 12.4. The molecule has 5 nitrogen and oxygen atoms in total. The fourth-order valence-electron chi connectivity index (χ4n) is 2.15. The first-order valence-electron chi connectivity index (χ1n) is 6.70. The van der Waals surface area contributed by atoms with Gasteiger partial charge in [-0.2, -0.15) is 0 Å². The number of fused-ring (bicyclic) bond motifs is 1. The number of aromatic nitrogens is 1. The molecule has 0 aliphatic carbocycles. The number of hydrogen-bond donors (Lipinski definition) is 1. The van der Waals surface area contributed by atoms with Crippen molar-refractivity contribution < 1.29 is 14.3 Å². The van der Waals surface area contributed by atoms with Crippen molar-refractivity contribution >= 4 is 49.1 Å². The number of hydrogen-bond acceptors (Lipinski definition) is 5. The molecular weight excluding hydrogens is 380 g/mol. The number of methoxy groups -OCH3 is 2. The maximum absolute atomic E-state index is 12.4. The van der Waals surface area contributed by atoms with Crippen molar-refractivity contribution in [2.24, 2.45) is 0 Å². The molecule has 1 heterocycles. The second-order valence-electron chi connectivity index (χ2n) is 4.67. The van der Waals surface area contributed by atoms with Gasteiger partial charge in [0.2, 0.25) is 0 Å². The molecule has 0 fully saturated rings. The largest absolute Gasteiger partial charge is 0.493 e. The average Bonchev–Trinajstić information content (AvgIpc) is 2.93. The van der Waals surface area contributed by atoms with Crippen LogP contribution in [0.1, 0.15) is 10.4 Å². The Morgan fingerprint density at radius 1 is 1.13 bits per heavy atom. The van der Waals surface area contributed by atoms with Crippen molar-refractivity contribution in [1.29, 1.82) is 0 Å². The summed E-state index contributed by atoms with van der Waals surface area (Å²) in [5, 5.41) is 2.85. The molecule has 0 bridgehead atoms. The molecule has 23 heavy (non-hydrogen) atoms. The maximum Gasteiger partial charge on any atom is 0.255 e. The van der Waals surface area contributed by atoms with E-state index in [-0.39, 0.29) is 5.91 Å². The van der Waals surface area contributed by atoms with Gasteiger partial charge >= 0.3 is 0 Å². The number of anilines is 1. The quantitative estimate of drug-likeness (QED) is 0.717. The molecule has 0 unspecified atom stereocenters. The van der Waals surface area contributed by atoms with Gasteiger partial charge in [0.15, 0.2) is 15.4 Å². The minimum absolute atomic E-state index is 0.191. The SMILES string of the molecule is COc1ccc(NC(=O)c2ccc3nc(Br)sc3c2)cc1OC. The number of nitrogens with zero attached hydrogens (tertiary/aromatic N) is 1. The monoisotopic (exact) mass is 392 g/mol. The van der Waals surface area contributed by atoms with Crippen LogP contribution in [0.4, 0.5) is 5.69 Å². The van der Waals surface area contributed by atoms with Crippen LogP contribution in [0.25, 0.3) is 10.2 Å². The van der Waals surface area contributed by atoms with Gasteiger partial charge in [0, 0.05) is 17.3 Å². The van der Waals surface area contributed by atoms with Gasteiger partial charge in [-0.1, -0.05) is 0 Å². The van der Waals surface area contributed by atoms with E-state index in [0.29, 0.717) is 22.7 Å². The average molecular weight is 393 g/mol. The van der Waals surface area contributed by atoms with Gasteiger partial charge in [0.25, 0.3) is 5.91 Å². The zero-order valence-corrected chi connectivity index (χ0v) is 14.8. The Bertz CT molecular complexity index is 879. The second kappa shape index (κ2) is 6.55. The fourth-order valence-corrected chi connectivity index (χ4v) is 3.60. The number of nitrogens with one attached hydrogen (secondary N) is 1. The fraction of sp³-hybridized carbons (Fsp3) is 0.125. The number of carbonyl (C=O) groups excluding carboxylic acids is 1. The minimum atomic E-state index is -0.191. The highest BCUT2D eigenvalue weighted by Gasteiger charge is 2.11. The van der Waals surface area contributed by atoms with Crippen LogP contribution in [0.3, 0.4) is 0 Å². The summed E-state index contributed by atoms with van der Waals surface area (Å²) < 4.78 is 12.2. The van der Waals surface area contributed by atoms with E-state index in [1.54, 1.807) is 38.5 Å². The predicted molar refractivity (Wildman–Crippen MR) is 94.8 cm³/mol. The molecule has 1 amide bonds. The topological polar surface area (TPSA) is 60.5 Å². The van der Waals surface area contributed by atoms with Crippen molar-refractivity contribution in [2.75, 3.05) is 19.5 Å². The van der Waals surface area contributed by atoms with Crippen molar-refractivity contribution in [2.45, 2.75) is 0 Å². The summed E-state index contributed by atoms with van der Waals surface area (Å²) >= 11 is 4.84. The molecule has 0 saturated heterocycles. The molecule has 0 atom stereocenters. The van der Waals surface area contributed by atoms with Gasteiger partial charge in [-0.15, -0.1) is 11.3 Å². The third-order valence-electron chi connectivity index (χ3n) is 3.27. The molecule has 1 aromatic heterocycles. The Balaban J connectivity index is 1.85. The molecule has 3 aromatic rings. The van der Waals surface area contributed by atoms with Crippen LogP contribution >= 0.6 is 27.3 Å². The van der Waals surface area contributed by atoms with E-state index in [4.69, 9.17) is 9.47 Å². The van der Waals surface area contributed by atoms with E-state index in [1.807, 2.05) is 12.1 Å². The number of halogens is 1. The predicted octanol–water partition coefficient (Wildman–Crippen LogP) is 4.33. The lowest BCUT2D eigenvalue weighted by molar-refractivity contribution is 0.102. The Morgan fingerprint density at radius 3 is 2.65 bits per heavy atom. The van der Waals surface area contributed by atoms with Gasteiger partial charge in [-0.05, 0) is 46.3 Å². The van der Waals surface area contributed by atoms with Gasteiger partial charge < -0.3 is 14.8 Å². The van der Waals surface area contributed by atoms with Crippen LogP contribution in [0.2, 0.25) is 0 Å². The number of carbonyl (C=O) groups is 1. The van der Waals surface area contributed by atoms with E-state index < -0.39 is 0 Å². The number of benzene rings is 2. The summed E-state index contributed by atoms with van der Waals surface area (Å²) in [6.07, 6.45) is 0. The van der Waals surface area contributed by atoms with Crippen molar-refractivity contribution in [3.8, 4) is 11.5 Å². The zero-order chi connectivity index (χ0) is 16.4. The summed E-state index contributed by atoms with van der Waals surface area (Å²) in [6.45, 7) is 0. The van der Waals surface area contributed by atoms with E-state index in [0.717, 1.165) is 14.1 Å². The molecule has 0 saturated carbocycles. The molecule has 0 spiro atoms. The van der Waals surface area contributed by atoms with Crippen molar-refractivity contribution in [3.63, 3.8) is 0 Å². The highest BCUT2D eigenvalue weighted by Crippen LogP contribution is 2.30. The van der Waals surface area contributed by atoms with Gasteiger partial charge in [0.05, 0.1) is 24.4 Å². The second-order valence-corrected chi connectivity index (χ2v) is 6.98. The van der Waals surface area contributed by atoms with Crippen LogP contribution in [0.15, 0.2) is 40.3 Å². The minimum Gasteiger partial charge on any atom is -0.493 e. The Labute approximate surface area is 145 Å². The van der Waals surface area contributed by atoms with E-state index >= 15 is 0 Å². The first-order chi connectivity index (χ1) is 11.1. The van der Waals surface area contributed by atoms with Gasteiger partial charge in [0.1, 0.15) is 0 Å².